The summed E-state index contributed by atoms with van der Waals surface area (Å²) >= 11 is 0. The maximum absolute atomic E-state index is 14.8. The van der Waals surface area contributed by atoms with Crippen molar-refractivity contribution >= 4 is 33.0 Å². The summed E-state index contributed by atoms with van der Waals surface area (Å²) in [7, 11) is -3.61. The molecule has 3 rings (SSSR count). The van der Waals surface area contributed by atoms with E-state index in [-0.39, 0.29) is 29.1 Å². The van der Waals surface area contributed by atoms with Crippen LogP contribution in [0, 0.1) is 11.6 Å². The standard InChI is InChI=1S/C23H29F2N3O4S/c1-14-12-28(13-15(2)32-14)21-19(24)10-18(11-20(21)25)26-22(29)16-6-8-17(9-7-16)27-33(30,31)23(3,4)5/h6-11,14-15,27H,12-13H2,1-5H3,(H,26,29)/t14-,15+. The molecular weight excluding hydrogens is 452 g/mol. The fraction of sp³-hybridized carbons (Fsp3) is 0.435. The number of nitrogens with zero attached hydrogens (tertiary/aromatic N) is 1. The Bertz CT molecular complexity index is 1100. The van der Waals surface area contributed by atoms with E-state index in [0.717, 1.165) is 12.1 Å². The molecule has 0 unspecified atom stereocenters. The SMILES string of the molecule is C[C@@H]1CN(c2c(F)cc(NC(=O)c3ccc(NS(=O)(=O)C(C)(C)C)cc3)cc2F)C[C@H](C)O1. The van der Waals surface area contributed by atoms with E-state index in [9.17, 15) is 22.0 Å². The molecule has 0 spiro atoms. The van der Waals surface area contributed by atoms with Crippen LogP contribution in [0.1, 0.15) is 45.0 Å². The summed E-state index contributed by atoms with van der Waals surface area (Å²) < 4.78 is 61.1. The molecule has 0 radical (unpaired) electrons. The second kappa shape index (κ2) is 9.26. The summed E-state index contributed by atoms with van der Waals surface area (Å²) in [5.74, 6) is -2.14. The van der Waals surface area contributed by atoms with Crippen LogP contribution in [0.5, 0.6) is 0 Å². The monoisotopic (exact) mass is 481 g/mol. The van der Waals surface area contributed by atoms with Gasteiger partial charge in [0.25, 0.3) is 5.91 Å². The summed E-state index contributed by atoms with van der Waals surface area (Å²) in [5, 5.41) is 2.48. The average molecular weight is 482 g/mol. The van der Waals surface area contributed by atoms with Gasteiger partial charge in [0.05, 0.1) is 17.0 Å². The van der Waals surface area contributed by atoms with Crippen molar-refractivity contribution in [3.63, 3.8) is 0 Å². The van der Waals surface area contributed by atoms with E-state index in [1.165, 1.54) is 24.3 Å². The van der Waals surface area contributed by atoms with Gasteiger partial charge < -0.3 is 15.0 Å². The first-order valence-electron chi connectivity index (χ1n) is 10.6. The molecule has 0 aromatic heterocycles. The quantitative estimate of drug-likeness (QED) is 0.662. The van der Waals surface area contributed by atoms with Crippen molar-refractivity contribution in [1.29, 1.82) is 0 Å². The van der Waals surface area contributed by atoms with Crippen molar-refractivity contribution < 1.29 is 26.7 Å². The van der Waals surface area contributed by atoms with Crippen molar-refractivity contribution in [3.05, 3.63) is 53.6 Å². The van der Waals surface area contributed by atoms with E-state index in [1.807, 2.05) is 13.8 Å². The third-order valence-electron chi connectivity index (χ3n) is 5.22. The number of nitrogens with one attached hydrogen (secondary N) is 2. The Morgan fingerprint density at radius 1 is 1.00 bits per heavy atom. The first kappa shape index (κ1) is 24.9. The number of carbonyl (C=O) groups excluding carboxylic acids is 1. The summed E-state index contributed by atoms with van der Waals surface area (Å²) in [4.78, 5) is 14.1. The molecule has 1 amide bonds. The van der Waals surface area contributed by atoms with Crippen molar-refractivity contribution in [1.82, 2.24) is 0 Å². The normalized spacial score (nSPS) is 19.3. The summed E-state index contributed by atoms with van der Waals surface area (Å²) in [6, 6.07) is 7.90. The summed E-state index contributed by atoms with van der Waals surface area (Å²) in [6.45, 7) is 9.10. The highest BCUT2D eigenvalue weighted by molar-refractivity contribution is 7.94. The van der Waals surface area contributed by atoms with Crippen LogP contribution in [0.2, 0.25) is 0 Å². The zero-order valence-corrected chi connectivity index (χ0v) is 20.1. The van der Waals surface area contributed by atoms with Crippen LogP contribution in [-0.4, -0.2) is 44.4 Å². The summed E-state index contributed by atoms with van der Waals surface area (Å²) in [6.07, 6.45) is -0.328. The number of halogens is 2. The fourth-order valence-electron chi connectivity index (χ4n) is 3.50. The Morgan fingerprint density at radius 2 is 1.52 bits per heavy atom. The highest BCUT2D eigenvalue weighted by Gasteiger charge is 2.29. The second-order valence-electron chi connectivity index (χ2n) is 9.20. The molecule has 33 heavy (non-hydrogen) atoms. The fourth-order valence-corrected chi connectivity index (χ4v) is 4.25. The number of benzene rings is 2. The first-order chi connectivity index (χ1) is 15.3. The van der Waals surface area contributed by atoms with E-state index in [4.69, 9.17) is 4.74 Å². The van der Waals surface area contributed by atoms with Gasteiger partial charge in [-0.2, -0.15) is 0 Å². The van der Waals surface area contributed by atoms with Crippen LogP contribution in [-0.2, 0) is 14.8 Å². The zero-order chi connectivity index (χ0) is 24.6. The van der Waals surface area contributed by atoms with Gasteiger partial charge in [0, 0.05) is 30.0 Å². The molecule has 2 N–H and O–H groups in total. The van der Waals surface area contributed by atoms with Crippen LogP contribution >= 0.6 is 0 Å². The average Bonchev–Trinajstić information content (AvgIpc) is 2.66. The number of rotatable bonds is 5. The lowest BCUT2D eigenvalue weighted by atomic mass is 10.1. The predicted octanol–water partition coefficient (Wildman–Crippen LogP) is 4.37. The molecule has 1 aliphatic rings. The van der Waals surface area contributed by atoms with Gasteiger partial charge in [-0.15, -0.1) is 0 Å². The number of ether oxygens (including phenoxy) is 1. The van der Waals surface area contributed by atoms with Crippen LogP contribution in [0.3, 0.4) is 0 Å². The Labute approximate surface area is 193 Å². The largest absolute Gasteiger partial charge is 0.372 e. The molecule has 1 saturated heterocycles. The molecule has 10 heteroatoms. The Balaban J connectivity index is 1.73. The lowest BCUT2D eigenvalue weighted by molar-refractivity contribution is -0.00558. The number of sulfonamides is 1. The molecule has 180 valence electrons. The Hall–Kier alpha value is -2.72. The highest BCUT2D eigenvalue weighted by atomic mass is 32.2. The van der Waals surface area contributed by atoms with Crippen LogP contribution < -0.4 is 14.9 Å². The number of hydrogen-bond acceptors (Lipinski definition) is 5. The minimum atomic E-state index is -3.61. The van der Waals surface area contributed by atoms with E-state index in [1.54, 1.807) is 25.7 Å². The molecule has 7 nitrogen and oxygen atoms in total. The number of hydrogen-bond donors (Lipinski definition) is 2. The van der Waals surface area contributed by atoms with E-state index in [2.05, 4.69) is 10.0 Å². The third-order valence-corrected chi connectivity index (χ3v) is 7.33. The molecule has 0 saturated carbocycles. The Morgan fingerprint density at radius 3 is 2.00 bits per heavy atom. The van der Waals surface area contributed by atoms with Crippen molar-refractivity contribution in [2.75, 3.05) is 28.0 Å². The molecule has 1 aliphatic heterocycles. The van der Waals surface area contributed by atoms with Gasteiger partial charge in [0.15, 0.2) is 11.6 Å². The van der Waals surface area contributed by atoms with Gasteiger partial charge >= 0.3 is 0 Å². The highest BCUT2D eigenvalue weighted by Crippen LogP contribution is 2.30. The summed E-state index contributed by atoms with van der Waals surface area (Å²) in [5.41, 5.74) is 0.336. The van der Waals surface area contributed by atoms with Crippen LogP contribution in [0.4, 0.5) is 25.8 Å². The van der Waals surface area contributed by atoms with Gasteiger partial charge in [0.1, 0.15) is 5.69 Å². The lowest BCUT2D eigenvalue weighted by Crippen LogP contribution is -2.46. The third kappa shape index (κ3) is 5.80. The number of amides is 1. The zero-order valence-electron chi connectivity index (χ0n) is 19.3. The van der Waals surface area contributed by atoms with Gasteiger partial charge in [-0.25, -0.2) is 17.2 Å². The minimum absolute atomic E-state index is 0.0226. The second-order valence-corrected chi connectivity index (χ2v) is 11.6. The van der Waals surface area contributed by atoms with Crippen molar-refractivity contribution in [3.8, 4) is 0 Å². The van der Waals surface area contributed by atoms with Crippen molar-refractivity contribution in [2.45, 2.75) is 51.6 Å². The lowest BCUT2D eigenvalue weighted by Gasteiger charge is -2.37. The van der Waals surface area contributed by atoms with E-state index >= 15 is 0 Å². The minimum Gasteiger partial charge on any atom is -0.372 e. The van der Waals surface area contributed by atoms with E-state index in [0.29, 0.717) is 18.8 Å². The Kier molecular flexibility index (Phi) is 6.99. The van der Waals surface area contributed by atoms with E-state index < -0.39 is 32.3 Å². The van der Waals surface area contributed by atoms with Gasteiger partial charge in [-0.3, -0.25) is 9.52 Å². The maximum atomic E-state index is 14.8. The maximum Gasteiger partial charge on any atom is 0.255 e. The number of anilines is 3. The molecule has 1 heterocycles. The van der Waals surface area contributed by atoms with Gasteiger partial charge in [-0.1, -0.05) is 0 Å². The first-order valence-corrected chi connectivity index (χ1v) is 12.1. The molecule has 0 aliphatic carbocycles. The molecule has 1 fully saturated rings. The molecule has 2 atom stereocenters. The van der Waals surface area contributed by atoms with Crippen molar-refractivity contribution in [2.24, 2.45) is 0 Å². The van der Waals surface area contributed by atoms with Crippen LogP contribution in [0.25, 0.3) is 0 Å². The molecule has 0 bridgehead atoms. The van der Waals surface area contributed by atoms with Gasteiger partial charge in [-0.05, 0) is 71.0 Å². The predicted molar refractivity (Wildman–Crippen MR) is 125 cm³/mol. The molecule has 2 aromatic rings. The number of carbonyl (C=O) groups is 1. The topological polar surface area (TPSA) is 87.7 Å². The molecular formula is C23H29F2N3O4S. The van der Waals surface area contributed by atoms with Crippen LogP contribution in [0.15, 0.2) is 36.4 Å². The number of morpholine rings is 1. The molecule has 2 aromatic carbocycles. The smallest absolute Gasteiger partial charge is 0.255 e. The van der Waals surface area contributed by atoms with Gasteiger partial charge in [0.2, 0.25) is 10.0 Å².